The Bertz CT molecular complexity index is 939. The van der Waals surface area contributed by atoms with E-state index in [1.807, 2.05) is 0 Å². The smallest absolute Gasteiger partial charge is 0.416 e. The number of benzene rings is 2. The molecule has 0 radical (unpaired) electrons. The van der Waals surface area contributed by atoms with Crippen LogP contribution in [0.5, 0.6) is 5.75 Å². The maximum Gasteiger partial charge on any atom is 0.416 e. The molecular weight excluding hydrogens is 438 g/mol. The summed E-state index contributed by atoms with van der Waals surface area (Å²) in [4.78, 5) is -1.29. The van der Waals surface area contributed by atoms with Crippen molar-refractivity contribution in [2.24, 2.45) is 0 Å². The molecule has 0 fully saturated rings. The van der Waals surface area contributed by atoms with Gasteiger partial charge in [0.05, 0.1) is 16.0 Å². The van der Waals surface area contributed by atoms with Crippen LogP contribution in [-0.4, -0.2) is 15.0 Å². The first-order chi connectivity index (χ1) is 13.2. The lowest BCUT2D eigenvalue weighted by molar-refractivity contribution is -0.143. The fraction of sp³-hybridized carbons (Fsp3) is 0.250. The van der Waals surface area contributed by atoms with Crippen molar-refractivity contribution >= 4 is 10.0 Å². The van der Waals surface area contributed by atoms with Gasteiger partial charge in [-0.25, -0.2) is 13.1 Å². The van der Waals surface area contributed by atoms with Crippen LogP contribution in [0, 0.1) is 0 Å². The fourth-order valence-corrected chi connectivity index (χ4v) is 3.27. The Kier molecular flexibility index (Phi) is 6.42. The van der Waals surface area contributed by atoms with Crippen LogP contribution in [0.3, 0.4) is 0 Å². The second kappa shape index (κ2) is 8.14. The van der Waals surface area contributed by atoms with Crippen LogP contribution < -0.4 is 9.46 Å². The predicted molar refractivity (Wildman–Crippen MR) is 83.5 cm³/mol. The van der Waals surface area contributed by atoms with Crippen LogP contribution in [0.25, 0.3) is 0 Å². The van der Waals surface area contributed by atoms with Crippen molar-refractivity contribution in [3.05, 3.63) is 59.2 Å². The molecule has 160 valence electrons. The summed E-state index contributed by atoms with van der Waals surface area (Å²) in [5.41, 5.74) is -3.73. The number of alkyl halides is 8. The van der Waals surface area contributed by atoms with Crippen molar-refractivity contribution in [3.63, 3.8) is 0 Å². The zero-order valence-corrected chi connectivity index (χ0v) is 14.8. The third-order valence-corrected chi connectivity index (χ3v) is 4.89. The zero-order chi connectivity index (χ0) is 22.0. The summed E-state index contributed by atoms with van der Waals surface area (Å²) in [5.74, 6) is -0.412. The van der Waals surface area contributed by atoms with Gasteiger partial charge < -0.3 is 4.74 Å². The molecule has 0 bridgehead atoms. The van der Waals surface area contributed by atoms with E-state index in [1.165, 1.54) is 18.2 Å². The molecule has 2 aromatic carbocycles. The molecule has 2 aromatic rings. The molecule has 0 atom stereocenters. The van der Waals surface area contributed by atoms with E-state index < -0.39 is 57.3 Å². The first kappa shape index (κ1) is 22.9. The molecule has 0 aliphatic carbocycles. The van der Waals surface area contributed by atoms with Gasteiger partial charge in [0.2, 0.25) is 10.0 Å². The molecule has 1 N–H and O–H groups in total. The Morgan fingerprint density at radius 3 is 1.90 bits per heavy atom. The number of hydrogen-bond acceptors (Lipinski definition) is 3. The highest BCUT2D eigenvalue weighted by Gasteiger charge is 2.38. The molecule has 2 rings (SSSR count). The van der Waals surface area contributed by atoms with E-state index in [9.17, 15) is 43.5 Å². The van der Waals surface area contributed by atoms with Gasteiger partial charge in [0, 0.05) is 12.1 Å². The molecule has 0 saturated carbocycles. The Balaban J connectivity index is 2.39. The minimum absolute atomic E-state index is 0.0408. The van der Waals surface area contributed by atoms with Crippen LogP contribution in [0.15, 0.2) is 47.4 Å². The van der Waals surface area contributed by atoms with Crippen molar-refractivity contribution in [1.82, 2.24) is 4.72 Å². The second-order valence-electron chi connectivity index (χ2n) is 5.55. The van der Waals surface area contributed by atoms with E-state index in [0.717, 1.165) is 6.07 Å². The number of rotatable bonds is 6. The Labute approximate surface area is 159 Å². The van der Waals surface area contributed by atoms with Crippen molar-refractivity contribution in [1.29, 1.82) is 0 Å². The van der Waals surface area contributed by atoms with Gasteiger partial charge in [0.15, 0.2) is 0 Å². The molecule has 0 heterocycles. The molecule has 0 unspecified atom stereocenters. The van der Waals surface area contributed by atoms with Crippen molar-refractivity contribution in [2.75, 3.05) is 0 Å². The minimum atomic E-state index is -5.23. The van der Waals surface area contributed by atoms with E-state index in [4.69, 9.17) is 0 Å². The molecular formula is C16H11F8NO3S. The molecule has 0 aromatic heterocycles. The van der Waals surface area contributed by atoms with Crippen LogP contribution >= 0.6 is 0 Å². The molecule has 29 heavy (non-hydrogen) atoms. The molecule has 0 aliphatic heterocycles. The lowest BCUT2D eigenvalue weighted by Gasteiger charge is -2.15. The topological polar surface area (TPSA) is 55.4 Å². The average molecular weight is 449 g/mol. The summed E-state index contributed by atoms with van der Waals surface area (Å²) in [6.45, 7) is -3.95. The summed E-state index contributed by atoms with van der Waals surface area (Å²) in [6.07, 6.45) is -10.5. The predicted octanol–water partition coefficient (Wildman–Crippen LogP) is 4.80. The molecule has 4 nitrogen and oxygen atoms in total. The summed E-state index contributed by atoms with van der Waals surface area (Å²) in [7, 11) is -4.86. The fourth-order valence-electron chi connectivity index (χ4n) is 2.20. The average Bonchev–Trinajstić information content (AvgIpc) is 2.58. The highest BCUT2D eigenvalue weighted by Crippen LogP contribution is 2.37. The van der Waals surface area contributed by atoms with E-state index in [1.54, 1.807) is 4.72 Å². The maximum absolute atomic E-state index is 12.9. The Hall–Kier alpha value is -2.41. The lowest BCUT2D eigenvalue weighted by atomic mass is 10.1. The summed E-state index contributed by atoms with van der Waals surface area (Å²) >= 11 is 0. The van der Waals surface area contributed by atoms with Gasteiger partial charge in [-0.15, -0.1) is 0 Å². The largest absolute Gasteiger partial charge is 0.434 e. The van der Waals surface area contributed by atoms with Crippen molar-refractivity contribution < 1.29 is 48.3 Å². The van der Waals surface area contributed by atoms with Gasteiger partial charge in [-0.1, -0.05) is 18.2 Å². The van der Waals surface area contributed by atoms with Crippen molar-refractivity contribution in [3.8, 4) is 5.75 Å². The number of para-hydroxylation sites is 1. The van der Waals surface area contributed by atoms with Gasteiger partial charge in [0.25, 0.3) is 0 Å². The van der Waals surface area contributed by atoms with Gasteiger partial charge in [0.1, 0.15) is 5.75 Å². The van der Waals surface area contributed by atoms with Crippen LogP contribution in [0.4, 0.5) is 35.1 Å². The Morgan fingerprint density at radius 2 is 1.41 bits per heavy atom. The number of halogens is 8. The quantitative estimate of drug-likeness (QED) is 0.645. The summed E-state index contributed by atoms with van der Waals surface area (Å²) < 4.78 is 133. The zero-order valence-electron chi connectivity index (χ0n) is 14.0. The molecule has 13 heteroatoms. The van der Waals surface area contributed by atoms with E-state index in [0.29, 0.717) is 0 Å². The maximum atomic E-state index is 12.9. The monoisotopic (exact) mass is 449 g/mol. The van der Waals surface area contributed by atoms with Crippen molar-refractivity contribution in [2.45, 2.75) is 30.4 Å². The molecule has 0 spiro atoms. The lowest BCUT2D eigenvalue weighted by Crippen LogP contribution is -2.25. The normalized spacial score (nSPS) is 13.0. The SMILES string of the molecule is O=S(=O)(NCc1ccccc1OC(F)F)c1cc(C(F)(F)F)cc(C(F)(F)F)c1. The van der Waals surface area contributed by atoms with Gasteiger partial charge in [-0.05, 0) is 24.3 Å². The Morgan fingerprint density at radius 1 is 0.897 bits per heavy atom. The minimum Gasteiger partial charge on any atom is -0.434 e. The standard InChI is InChI=1S/C16H11F8NO3S/c17-14(18)28-13-4-2-1-3-9(13)8-25-29(26,27)12-6-10(15(19,20)21)5-11(7-12)16(22,23)24/h1-7,14,25H,8H2. The van der Waals surface area contributed by atoms with E-state index in [-0.39, 0.29) is 23.8 Å². The van der Waals surface area contributed by atoms with Crippen LogP contribution in [0.1, 0.15) is 16.7 Å². The van der Waals surface area contributed by atoms with E-state index in [2.05, 4.69) is 4.74 Å². The van der Waals surface area contributed by atoms with E-state index >= 15 is 0 Å². The third kappa shape index (κ3) is 6.03. The number of hydrogen-bond donors (Lipinski definition) is 1. The first-order valence-electron chi connectivity index (χ1n) is 7.52. The van der Waals surface area contributed by atoms with Gasteiger partial charge >= 0.3 is 19.0 Å². The number of sulfonamides is 1. The number of nitrogens with one attached hydrogen (secondary N) is 1. The third-order valence-electron chi connectivity index (χ3n) is 3.51. The molecule has 0 saturated heterocycles. The van der Waals surface area contributed by atoms with Crippen LogP contribution in [-0.2, 0) is 28.9 Å². The van der Waals surface area contributed by atoms with Gasteiger partial charge in [-0.2, -0.15) is 35.1 Å². The highest BCUT2D eigenvalue weighted by molar-refractivity contribution is 7.89. The summed E-state index contributed by atoms with van der Waals surface area (Å²) in [5, 5.41) is 0. The van der Waals surface area contributed by atoms with Crippen LogP contribution in [0.2, 0.25) is 0 Å². The molecule has 0 amide bonds. The molecule has 0 aliphatic rings. The second-order valence-corrected chi connectivity index (χ2v) is 7.32. The number of ether oxygens (including phenoxy) is 1. The highest BCUT2D eigenvalue weighted by atomic mass is 32.2. The van der Waals surface area contributed by atoms with Gasteiger partial charge in [-0.3, -0.25) is 0 Å². The summed E-state index contributed by atoms with van der Waals surface area (Å²) in [6, 6.07) is 4.78. The first-order valence-corrected chi connectivity index (χ1v) is 9.00.